The molecular weight excluding hydrogens is 587 g/mol. The summed E-state index contributed by atoms with van der Waals surface area (Å²) < 4.78 is 43.4. The number of amides is 1. The van der Waals surface area contributed by atoms with Crippen molar-refractivity contribution in [2.24, 2.45) is 23.7 Å². The molecule has 2 aromatic carbocycles. The molecule has 0 aromatic heterocycles. The lowest BCUT2D eigenvalue weighted by Crippen LogP contribution is -2.47. The van der Waals surface area contributed by atoms with Gasteiger partial charge >= 0.3 is 0 Å². The summed E-state index contributed by atoms with van der Waals surface area (Å²) in [5, 5.41) is -0.0575. The van der Waals surface area contributed by atoms with Crippen LogP contribution in [0.2, 0.25) is 5.02 Å². The van der Waals surface area contributed by atoms with Crippen LogP contribution in [0.15, 0.2) is 42.0 Å². The lowest BCUT2D eigenvalue weighted by molar-refractivity contribution is -0.000236. The van der Waals surface area contributed by atoms with Crippen molar-refractivity contribution >= 4 is 34.2 Å². The minimum Gasteiger partial charge on any atom is -0.491 e. The molecule has 232 valence electrons. The molecule has 43 heavy (non-hydrogen) atoms. The van der Waals surface area contributed by atoms with E-state index in [1.54, 1.807) is 18.2 Å². The Morgan fingerprint density at radius 1 is 1.19 bits per heavy atom. The number of rotatable bonds is 4. The van der Waals surface area contributed by atoms with Gasteiger partial charge in [-0.2, -0.15) is 0 Å². The Hall–Kier alpha value is -2.42. The number of allylic oxidation sites excluding steroid dienone is 1. The number of ether oxygens (including phenoxy) is 2. The number of benzene rings is 2. The number of aryl methyl sites for hydroxylation is 1. The molecule has 0 saturated heterocycles. The zero-order chi connectivity index (χ0) is 30.4. The van der Waals surface area contributed by atoms with E-state index in [1.807, 2.05) is 26.2 Å². The second-order valence-corrected chi connectivity index (χ2v) is 14.8. The fourth-order valence-electron chi connectivity index (χ4n) is 7.42. The van der Waals surface area contributed by atoms with E-state index >= 15 is 0 Å². The van der Waals surface area contributed by atoms with Gasteiger partial charge in [-0.3, -0.25) is 9.52 Å². The SMILES string of the molecule is CCCc1cc(Cl)c(F)cc1C1COc2ccc3cc2N(C1)CC1CCC1C(OC)C1=CC(C1)[C@H](C)C(C)S(=O)NC3=O. The van der Waals surface area contributed by atoms with E-state index in [0.717, 1.165) is 55.5 Å². The van der Waals surface area contributed by atoms with E-state index in [1.165, 1.54) is 5.57 Å². The molecule has 7 rings (SSSR count). The van der Waals surface area contributed by atoms with Gasteiger partial charge in [-0.1, -0.05) is 37.9 Å². The highest BCUT2D eigenvalue weighted by molar-refractivity contribution is 7.84. The maximum atomic E-state index is 14.8. The molecule has 1 fully saturated rings. The largest absolute Gasteiger partial charge is 0.491 e. The van der Waals surface area contributed by atoms with E-state index in [4.69, 9.17) is 21.1 Å². The number of hydrogen-bond acceptors (Lipinski definition) is 5. The minimum atomic E-state index is -1.53. The molecule has 5 aliphatic rings. The number of nitrogens with zero attached hydrogens (tertiary/aromatic N) is 1. The van der Waals surface area contributed by atoms with Crippen molar-refractivity contribution in [2.45, 2.75) is 70.1 Å². The third-order valence-electron chi connectivity index (χ3n) is 10.4. The second-order valence-electron chi connectivity index (χ2n) is 12.9. The Morgan fingerprint density at radius 3 is 2.67 bits per heavy atom. The Bertz CT molecular complexity index is 1450. The van der Waals surface area contributed by atoms with Crippen LogP contribution in [0.5, 0.6) is 5.75 Å². The number of carbonyl (C=O) groups is 1. The lowest BCUT2D eigenvalue weighted by atomic mass is 9.64. The van der Waals surface area contributed by atoms with Gasteiger partial charge in [0.1, 0.15) is 22.6 Å². The monoisotopic (exact) mass is 628 g/mol. The van der Waals surface area contributed by atoms with Gasteiger partial charge in [0, 0.05) is 31.7 Å². The first-order chi connectivity index (χ1) is 20.7. The van der Waals surface area contributed by atoms with Crippen LogP contribution in [-0.4, -0.2) is 48.3 Å². The van der Waals surface area contributed by atoms with Gasteiger partial charge in [0.2, 0.25) is 0 Å². The van der Waals surface area contributed by atoms with E-state index in [-0.39, 0.29) is 34.1 Å². The standard InChI is InChI=1S/C34H42ClFN2O4S/c1-5-6-21-13-29(35)30(36)15-28(21)26-17-38-16-23-7-9-27(23)33(41-4)25-11-24(12-25)19(2)20(3)43(40)37-34(39)22-8-10-32(42-18-26)31(38)14-22/h8,10-11,13-15,19-20,23-24,26-27,33H,5-7,9,12,16-18H2,1-4H3,(H,37,39)/t19-,20?,23?,24?,26?,27?,33?,43?/m1/s1. The summed E-state index contributed by atoms with van der Waals surface area (Å²) in [6, 6.07) is 8.78. The zero-order valence-corrected chi connectivity index (χ0v) is 27.0. The van der Waals surface area contributed by atoms with Crippen molar-refractivity contribution in [3.8, 4) is 5.75 Å². The van der Waals surface area contributed by atoms with Crippen molar-refractivity contribution < 1.29 is 22.9 Å². The smallest absolute Gasteiger partial charge is 0.263 e. The number of anilines is 1. The molecular formula is C34H42ClFN2O4S. The Labute approximate surface area is 261 Å². The predicted octanol–water partition coefficient (Wildman–Crippen LogP) is 6.83. The van der Waals surface area contributed by atoms with E-state index in [0.29, 0.717) is 42.2 Å². The number of carbonyl (C=O) groups excluding carboxylic acids is 1. The van der Waals surface area contributed by atoms with Crippen LogP contribution < -0.4 is 14.4 Å². The first-order valence-corrected chi connectivity index (χ1v) is 17.2. The molecule has 3 heterocycles. The molecule has 0 radical (unpaired) electrons. The minimum absolute atomic E-state index is 0.0713. The molecule has 6 nitrogen and oxygen atoms in total. The highest BCUT2D eigenvalue weighted by atomic mass is 35.5. The van der Waals surface area contributed by atoms with Crippen molar-refractivity contribution in [2.75, 3.05) is 31.7 Å². The molecule has 7 unspecified atom stereocenters. The van der Waals surface area contributed by atoms with Crippen molar-refractivity contribution in [3.05, 3.63) is 69.5 Å². The van der Waals surface area contributed by atoms with Gasteiger partial charge in [-0.05, 0) is 103 Å². The molecule has 2 aromatic rings. The number of halogens is 2. The van der Waals surface area contributed by atoms with E-state index in [2.05, 4.69) is 29.5 Å². The molecule has 9 heteroatoms. The summed E-state index contributed by atoms with van der Waals surface area (Å²) in [6.45, 7) is 7.95. The Kier molecular flexibility index (Phi) is 8.91. The summed E-state index contributed by atoms with van der Waals surface area (Å²) >= 11 is 6.21. The normalized spacial score (nSPS) is 32.3. The number of nitrogens with one attached hydrogen (secondary N) is 1. The van der Waals surface area contributed by atoms with Gasteiger partial charge in [0.05, 0.1) is 28.7 Å². The fourth-order valence-corrected chi connectivity index (χ4v) is 8.68. The molecule has 1 amide bonds. The van der Waals surface area contributed by atoms with Crippen LogP contribution in [0.25, 0.3) is 0 Å². The van der Waals surface area contributed by atoms with Gasteiger partial charge in [-0.15, -0.1) is 0 Å². The molecule has 8 atom stereocenters. The van der Waals surface area contributed by atoms with Gasteiger partial charge in [0.25, 0.3) is 5.91 Å². The summed E-state index contributed by atoms with van der Waals surface area (Å²) in [6.07, 6.45) is 7.24. The Morgan fingerprint density at radius 2 is 1.98 bits per heavy atom. The molecule has 4 bridgehead atoms. The fraction of sp³-hybridized carbons (Fsp3) is 0.559. The zero-order valence-electron chi connectivity index (χ0n) is 25.4. The van der Waals surface area contributed by atoms with Crippen LogP contribution in [0.4, 0.5) is 10.1 Å². The number of methoxy groups -OCH3 is 1. The highest BCUT2D eigenvalue weighted by Gasteiger charge is 2.44. The maximum Gasteiger partial charge on any atom is 0.263 e. The van der Waals surface area contributed by atoms with Crippen LogP contribution >= 0.6 is 11.6 Å². The van der Waals surface area contributed by atoms with Gasteiger partial charge in [0.15, 0.2) is 0 Å². The number of hydrogen-bond donors (Lipinski definition) is 1. The van der Waals surface area contributed by atoms with Gasteiger partial charge in [-0.25, -0.2) is 8.60 Å². The topological polar surface area (TPSA) is 67.9 Å². The van der Waals surface area contributed by atoms with E-state index in [9.17, 15) is 13.4 Å². The van der Waals surface area contributed by atoms with Crippen LogP contribution in [0.1, 0.15) is 73.9 Å². The third kappa shape index (κ3) is 5.87. The lowest BCUT2D eigenvalue weighted by Gasteiger charge is -2.47. The second kappa shape index (κ2) is 12.5. The van der Waals surface area contributed by atoms with Crippen LogP contribution in [0.3, 0.4) is 0 Å². The highest BCUT2D eigenvalue weighted by Crippen LogP contribution is 2.47. The Balaban J connectivity index is 1.39. The van der Waals surface area contributed by atoms with Crippen LogP contribution in [-0.2, 0) is 22.1 Å². The predicted molar refractivity (Wildman–Crippen MR) is 170 cm³/mol. The first kappa shape index (κ1) is 30.6. The number of fused-ring (bicyclic) bond motifs is 4. The summed E-state index contributed by atoms with van der Waals surface area (Å²) in [4.78, 5) is 15.7. The average Bonchev–Trinajstić information content (AvgIpc) is 3.13. The molecule has 1 N–H and O–H groups in total. The third-order valence-corrected chi connectivity index (χ3v) is 12.2. The summed E-state index contributed by atoms with van der Waals surface area (Å²) in [5.41, 5.74) is 4.58. The summed E-state index contributed by atoms with van der Waals surface area (Å²) in [5.74, 6) is 1.11. The van der Waals surface area contributed by atoms with Crippen molar-refractivity contribution in [1.82, 2.24) is 4.72 Å². The quantitative estimate of drug-likeness (QED) is 0.376. The molecule has 3 aliphatic heterocycles. The van der Waals surface area contributed by atoms with Gasteiger partial charge < -0.3 is 14.4 Å². The average molecular weight is 629 g/mol. The molecule has 0 spiro atoms. The molecule has 1 saturated carbocycles. The molecule has 2 aliphatic carbocycles. The van der Waals surface area contributed by atoms with Crippen molar-refractivity contribution in [1.29, 1.82) is 0 Å². The maximum absolute atomic E-state index is 14.8. The van der Waals surface area contributed by atoms with E-state index < -0.39 is 16.8 Å². The first-order valence-electron chi connectivity index (χ1n) is 15.6. The van der Waals surface area contributed by atoms with Crippen LogP contribution in [0, 0.1) is 29.5 Å². The summed E-state index contributed by atoms with van der Waals surface area (Å²) in [7, 11) is 0.279. The van der Waals surface area contributed by atoms with Crippen molar-refractivity contribution in [3.63, 3.8) is 0 Å².